The zero-order valence-corrected chi connectivity index (χ0v) is 14.4. The summed E-state index contributed by atoms with van der Waals surface area (Å²) in [6.07, 6.45) is 5.29. The predicted molar refractivity (Wildman–Crippen MR) is 88.0 cm³/mol. The van der Waals surface area contributed by atoms with Gasteiger partial charge in [-0.05, 0) is 37.5 Å². The lowest BCUT2D eigenvalue weighted by atomic mass is 9.96. The van der Waals surface area contributed by atoms with E-state index in [1.807, 2.05) is 31.2 Å². The first-order valence-corrected chi connectivity index (χ1v) is 9.30. The van der Waals surface area contributed by atoms with Gasteiger partial charge in [0.05, 0.1) is 18.1 Å². The third kappa shape index (κ3) is 3.96. The molecule has 0 radical (unpaired) electrons. The Labute approximate surface area is 135 Å². The number of carbonyl (C=O) groups excluding carboxylic acids is 1. The minimum atomic E-state index is -0.993. The highest BCUT2D eigenvalue weighted by Crippen LogP contribution is 2.33. The van der Waals surface area contributed by atoms with E-state index in [0.29, 0.717) is 0 Å². The Morgan fingerprint density at radius 1 is 1.32 bits per heavy atom. The number of rotatable bonds is 5. The van der Waals surface area contributed by atoms with Crippen LogP contribution < -0.4 is 0 Å². The normalized spacial score (nSPS) is 19.6. The van der Waals surface area contributed by atoms with Crippen LogP contribution in [0.4, 0.5) is 0 Å². The van der Waals surface area contributed by atoms with Gasteiger partial charge in [0.2, 0.25) is 5.91 Å². The molecule has 1 saturated carbocycles. The number of amides is 1. The van der Waals surface area contributed by atoms with Crippen molar-refractivity contribution in [3.05, 3.63) is 29.8 Å². The summed E-state index contributed by atoms with van der Waals surface area (Å²) in [7, 11) is 0.782. The molecule has 1 aliphatic rings. The van der Waals surface area contributed by atoms with Gasteiger partial charge >= 0.3 is 0 Å². The summed E-state index contributed by atoms with van der Waals surface area (Å²) in [4.78, 5) is 14.9. The van der Waals surface area contributed by atoms with Crippen molar-refractivity contribution in [1.82, 2.24) is 4.90 Å². The SMILES string of the molecule is CC(c1ccc(S(C)=O)cc1)N(C)C(=O)CC1(O)CCCC1. The number of hydrogen-bond acceptors (Lipinski definition) is 3. The first kappa shape index (κ1) is 17.2. The molecule has 1 N–H and O–H groups in total. The molecule has 0 saturated heterocycles. The van der Waals surface area contributed by atoms with E-state index in [1.54, 1.807) is 18.2 Å². The van der Waals surface area contributed by atoms with Crippen LogP contribution in [-0.4, -0.2) is 39.0 Å². The van der Waals surface area contributed by atoms with E-state index in [4.69, 9.17) is 0 Å². The summed E-state index contributed by atoms with van der Waals surface area (Å²) in [5.74, 6) is -0.0277. The number of aliphatic hydroxyl groups is 1. The Morgan fingerprint density at radius 2 is 1.86 bits per heavy atom. The van der Waals surface area contributed by atoms with Crippen molar-refractivity contribution < 1.29 is 14.1 Å². The average molecular weight is 323 g/mol. The van der Waals surface area contributed by atoms with Crippen LogP contribution in [0.25, 0.3) is 0 Å². The fraction of sp³-hybridized carbons (Fsp3) is 0.588. The van der Waals surface area contributed by atoms with E-state index in [-0.39, 0.29) is 18.4 Å². The largest absolute Gasteiger partial charge is 0.389 e. The van der Waals surface area contributed by atoms with Gasteiger partial charge in [-0.15, -0.1) is 0 Å². The molecule has 2 atom stereocenters. The third-order valence-electron chi connectivity index (χ3n) is 4.68. The van der Waals surface area contributed by atoms with Crippen LogP contribution in [0.3, 0.4) is 0 Å². The summed E-state index contributed by atoms with van der Waals surface area (Å²) < 4.78 is 11.4. The van der Waals surface area contributed by atoms with Crippen molar-refractivity contribution in [2.75, 3.05) is 13.3 Å². The molecule has 0 aromatic heterocycles. The summed E-state index contributed by atoms with van der Waals surface area (Å²) >= 11 is 0. The van der Waals surface area contributed by atoms with Crippen molar-refractivity contribution >= 4 is 16.7 Å². The Bertz CT molecular complexity index is 550. The quantitative estimate of drug-likeness (QED) is 0.906. The van der Waals surface area contributed by atoms with Gasteiger partial charge in [-0.1, -0.05) is 25.0 Å². The smallest absolute Gasteiger partial charge is 0.225 e. The van der Waals surface area contributed by atoms with Crippen molar-refractivity contribution in [2.45, 2.75) is 55.6 Å². The molecule has 0 aliphatic heterocycles. The monoisotopic (exact) mass is 323 g/mol. The van der Waals surface area contributed by atoms with Gasteiger partial charge < -0.3 is 10.0 Å². The second-order valence-electron chi connectivity index (χ2n) is 6.31. The van der Waals surface area contributed by atoms with Crippen LogP contribution in [0.2, 0.25) is 0 Å². The Balaban J connectivity index is 2.02. The van der Waals surface area contributed by atoms with E-state index in [9.17, 15) is 14.1 Å². The first-order chi connectivity index (χ1) is 10.3. The molecule has 1 aliphatic carbocycles. The molecule has 4 nitrogen and oxygen atoms in total. The Kier molecular flexibility index (Phi) is 5.40. The van der Waals surface area contributed by atoms with Gasteiger partial charge in [0.15, 0.2) is 0 Å². The fourth-order valence-corrected chi connectivity index (χ4v) is 3.51. The highest BCUT2D eigenvalue weighted by atomic mass is 32.2. The van der Waals surface area contributed by atoms with Gasteiger partial charge in [-0.2, -0.15) is 0 Å². The molecule has 22 heavy (non-hydrogen) atoms. The molecule has 5 heteroatoms. The molecule has 2 rings (SSSR count). The zero-order chi connectivity index (χ0) is 16.3. The number of nitrogens with zero attached hydrogens (tertiary/aromatic N) is 1. The maximum atomic E-state index is 12.4. The molecular formula is C17H25NO3S. The molecule has 122 valence electrons. The molecule has 0 spiro atoms. The van der Waals surface area contributed by atoms with Crippen LogP contribution in [0.1, 0.15) is 50.6 Å². The van der Waals surface area contributed by atoms with E-state index >= 15 is 0 Å². The molecule has 1 amide bonds. The van der Waals surface area contributed by atoms with Gasteiger partial charge in [0.25, 0.3) is 0 Å². The first-order valence-electron chi connectivity index (χ1n) is 7.74. The van der Waals surface area contributed by atoms with Crippen LogP contribution in [0.5, 0.6) is 0 Å². The van der Waals surface area contributed by atoms with Gasteiger partial charge in [-0.25, -0.2) is 0 Å². The molecule has 1 aromatic carbocycles. The fourth-order valence-electron chi connectivity index (χ4n) is 2.99. The Hall–Kier alpha value is -1.20. The summed E-state index contributed by atoms with van der Waals surface area (Å²) in [5.41, 5.74) is 0.192. The zero-order valence-electron chi connectivity index (χ0n) is 13.5. The van der Waals surface area contributed by atoms with Crippen LogP contribution >= 0.6 is 0 Å². The van der Waals surface area contributed by atoms with Crippen molar-refractivity contribution in [3.8, 4) is 0 Å². The molecule has 1 aromatic rings. The molecule has 0 heterocycles. The average Bonchev–Trinajstić information content (AvgIpc) is 2.92. The van der Waals surface area contributed by atoms with Crippen LogP contribution in [0, 0.1) is 0 Å². The maximum absolute atomic E-state index is 12.4. The standard InChI is InChI=1S/C17H25NO3S/c1-13(14-6-8-15(9-7-14)22(3)21)18(2)16(19)12-17(20)10-4-5-11-17/h6-9,13,20H,4-5,10-12H2,1-3H3. The molecular weight excluding hydrogens is 298 g/mol. The van der Waals surface area contributed by atoms with E-state index < -0.39 is 16.4 Å². The third-order valence-corrected chi connectivity index (χ3v) is 5.62. The van der Waals surface area contributed by atoms with E-state index in [0.717, 1.165) is 36.1 Å². The lowest BCUT2D eigenvalue weighted by Gasteiger charge is -2.29. The lowest BCUT2D eigenvalue weighted by Crippen LogP contribution is -2.37. The molecule has 1 fully saturated rings. The van der Waals surface area contributed by atoms with Gasteiger partial charge in [-0.3, -0.25) is 9.00 Å². The van der Waals surface area contributed by atoms with Crippen molar-refractivity contribution in [3.63, 3.8) is 0 Å². The second-order valence-corrected chi connectivity index (χ2v) is 7.69. The molecule has 2 unspecified atom stereocenters. The highest BCUT2D eigenvalue weighted by Gasteiger charge is 2.35. The number of hydrogen-bond donors (Lipinski definition) is 1. The van der Waals surface area contributed by atoms with Gasteiger partial charge in [0, 0.05) is 29.0 Å². The minimum absolute atomic E-state index is 0.0277. The Morgan fingerprint density at radius 3 is 2.36 bits per heavy atom. The minimum Gasteiger partial charge on any atom is -0.389 e. The lowest BCUT2D eigenvalue weighted by molar-refractivity contribution is -0.136. The summed E-state index contributed by atoms with van der Waals surface area (Å²) in [6.45, 7) is 1.97. The van der Waals surface area contributed by atoms with Crippen LogP contribution in [-0.2, 0) is 15.6 Å². The van der Waals surface area contributed by atoms with Gasteiger partial charge in [0.1, 0.15) is 0 Å². The van der Waals surface area contributed by atoms with Crippen LogP contribution in [0.15, 0.2) is 29.2 Å². The summed E-state index contributed by atoms with van der Waals surface area (Å²) in [6, 6.07) is 7.43. The maximum Gasteiger partial charge on any atom is 0.225 e. The summed E-state index contributed by atoms with van der Waals surface area (Å²) in [5, 5.41) is 10.4. The number of benzene rings is 1. The number of carbonyl (C=O) groups is 1. The predicted octanol–water partition coefficient (Wildman–Crippen LogP) is 2.64. The topological polar surface area (TPSA) is 57.6 Å². The van der Waals surface area contributed by atoms with Crippen molar-refractivity contribution in [2.24, 2.45) is 0 Å². The van der Waals surface area contributed by atoms with E-state index in [1.165, 1.54) is 0 Å². The molecule has 0 bridgehead atoms. The second kappa shape index (κ2) is 6.92. The van der Waals surface area contributed by atoms with E-state index in [2.05, 4.69) is 0 Å². The van der Waals surface area contributed by atoms with Crippen molar-refractivity contribution in [1.29, 1.82) is 0 Å². The highest BCUT2D eigenvalue weighted by molar-refractivity contribution is 7.84.